The number of aromatic nitrogens is 3. The summed E-state index contributed by atoms with van der Waals surface area (Å²) in [4.78, 5) is 37.0. The summed E-state index contributed by atoms with van der Waals surface area (Å²) in [6.07, 6.45) is 0.567. The van der Waals surface area contributed by atoms with E-state index in [1.807, 2.05) is 48.7 Å². The quantitative estimate of drug-likeness (QED) is 0.339. The summed E-state index contributed by atoms with van der Waals surface area (Å²) in [5, 5.41) is 17.4. The number of nitrogens with one attached hydrogen (secondary N) is 1. The van der Waals surface area contributed by atoms with E-state index in [0.717, 1.165) is 34.7 Å². The predicted octanol–water partition coefficient (Wildman–Crippen LogP) is 4.98. The molecule has 6 rings (SSSR count). The number of aliphatic hydroxyl groups is 1. The molecule has 2 N–H and O–H groups in total. The number of thiazole rings is 1. The van der Waals surface area contributed by atoms with Crippen molar-refractivity contribution < 1.29 is 14.6 Å². The number of rotatable bonds is 6. The summed E-state index contributed by atoms with van der Waals surface area (Å²) in [6.45, 7) is 4.90. The molecule has 1 unspecified atom stereocenters. The predicted molar refractivity (Wildman–Crippen MR) is 152 cm³/mol. The Hall–Kier alpha value is -3.47. The highest BCUT2D eigenvalue weighted by Gasteiger charge is 2.38. The lowest BCUT2D eigenvalue weighted by atomic mass is 9.97. The maximum absolute atomic E-state index is 13.8. The smallest absolute Gasteiger partial charge is 0.410 e. The van der Waals surface area contributed by atoms with Gasteiger partial charge in [-0.2, -0.15) is 0 Å². The molecule has 2 aliphatic rings. The number of carbonyl (C=O) groups is 1. The van der Waals surface area contributed by atoms with Gasteiger partial charge in [-0.15, -0.1) is 11.3 Å². The number of hydrogen-bond donors (Lipinski definition) is 2. The number of fused-ring (bicyclic) bond motifs is 2. The molecular weight excluding hydrogens is 538 g/mol. The lowest BCUT2D eigenvalue weighted by Crippen LogP contribution is -2.45. The molecule has 2 aliphatic heterocycles. The van der Waals surface area contributed by atoms with Crippen molar-refractivity contribution in [2.75, 3.05) is 18.5 Å². The Morgan fingerprint density at radius 3 is 2.77 bits per heavy atom. The van der Waals surface area contributed by atoms with E-state index < -0.39 is 6.10 Å². The van der Waals surface area contributed by atoms with Gasteiger partial charge in [0.1, 0.15) is 17.4 Å². The summed E-state index contributed by atoms with van der Waals surface area (Å²) in [5.74, 6) is 0.608. The number of aryl methyl sites for hydroxylation is 1. The molecule has 2 fully saturated rings. The molecule has 4 heterocycles. The lowest BCUT2D eigenvalue weighted by molar-refractivity contribution is 0.153. The summed E-state index contributed by atoms with van der Waals surface area (Å²) in [6, 6.07) is 11.3. The fourth-order valence-electron chi connectivity index (χ4n) is 5.29. The first kappa shape index (κ1) is 25.8. The number of hydrogen-bond acceptors (Lipinski definition) is 8. The second-order valence-corrected chi connectivity index (χ2v) is 11.4. The summed E-state index contributed by atoms with van der Waals surface area (Å²) in [7, 11) is 0. The fourth-order valence-corrected chi connectivity index (χ4v) is 6.35. The number of nitrogens with zero attached hydrogens (tertiary/aromatic N) is 4. The maximum Gasteiger partial charge on any atom is 0.410 e. The molecule has 0 bridgehead atoms. The van der Waals surface area contributed by atoms with Gasteiger partial charge < -0.3 is 20.1 Å². The average molecular weight is 566 g/mol. The minimum atomic E-state index is -0.684. The van der Waals surface area contributed by atoms with Gasteiger partial charge in [0, 0.05) is 34.2 Å². The Bertz CT molecular complexity index is 1620. The van der Waals surface area contributed by atoms with Crippen LogP contribution in [0.4, 0.5) is 10.5 Å². The highest BCUT2D eigenvalue weighted by atomic mass is 35.5. The van der Waals surface area contributed by atoms with Gasteiger partial charge in [0.15, 0.2) is 0 Å². The largest absolute Gasteiger partial charge is 0.447 e. The summed E-state index contributed by atoms with van der Waals surface area (Å²) >= 11 is 7.48. The zero-order valence-electron chi connectivity index (χ0n) is 21.6. The Balaban J connectivity index is 1.41. The monoisotopic (exact) mass is 565 g/mol. The highest BCUT2D eigenvalue weighted by molar-refractivity contribution is 7.13. The van der Waals surface area contributed by atoms with Crippen LogP contribution in [-0.2, 0) is 11.3 Å². The Labute approximate surface area is 234 Å². The van der Waals surface area contributed by atoms with Crippen molar-refractivity contribution in [3.8, 4) is 10.6 Å². The van der Waals surface area contributed by atoms with Crippen LogP contribution in [-0.4, -0.2) is 55.9 Å². The average Bonchev–Trinajstić information content (AvgIpc) is 3.55. The summed E-state index contributed by atoms with van der Waals surface area (Å²) in [5.41, 5.74) is 3.60. The number of halogens is 1. The number of aliphatic hydroxyl groups excluding tert-OH is 1. The van der Waals surface area contributed by atoms with E-state index in [4.69, 9.17) is 21.3 Å². The van der Waals surface area contributed by atoms with Crippen LogP contribution >= 0.6 is 22.9 Å². The van der Waals surface area contributed by atoms with E-state index in [1.165, 1.54) is 11.3 Å². The van der Waals surface area contributed by atoms with Crippen LogP contribution < -0.4 is 10.9 Å². The molecule has 0 radical (unpaired) electrons. The van der Waals surface area contributed by atoms with Crippen molar-refractivity contribution in [2.45, 2.75) is 51.4 Å². The number of amides is 1. The van der Waals surface area contributed by atoms with E-state index in [-0.39, 0.29) is 23.7 Å². The number of anilines is 1. The van der Waals surface area contributed by atoms with Crippen LogP contribution in [0.25, 0.3) is 21.5 Å². The molecule has 4 aromatic rings. The maximum atomic E-state index is 13.8. The Morgan fingerprint density at radius 1 is 1.23 bits per heavy atom. The molecule has 0 aliphatic carbocycles. The van der Waals surface area contributed by atoms with Crippen LogP contribution in [0.1, 0.15) is 43.0 Å². The molecule has 2 aromatic carbocycles. The van der Waals surface area contributed by atoms with Crippen LogP contribution in [0.2, 0.25) is 5.02 Å². The van der Waals surface area contributed by atoms with Crippen LogP contribution in [0.5, 0.6) is 0 Å². The van der Waals surface area contributed by atoms with E-state index in [2.05, 4.69) is 10.3 Å². The molecule has 9 nitrogen and oxygen atoms in total. The minimum absolute atomic E-state index is 0.0373. The van der Waals surface area contributed by atoms with Crippen LogP contribution in [0, 0.1) is 6.92 Å². The van der Waals surface area contributed by atoms with Crippen LogP contribution in [0.3, 0.4) is 0 Å². The molecular formula is C28H28ClN5O4S. The molecule has 1 amide bonds. The first-order valence-electron chi connectivity index (χ1n) is 12.9. The molecule has 0 spiro atoms. The van der Waals surface area contributed by atoms with Crippen LogP contribution in [0.15, 0.2) is 46.6 Å². The zero-order valence-corrected chi connectivity index (χ0v) is 23.1. The second-order valence-electron chi connectivity index (χ2n) is 10.1. The number of ether oxygens (including phenoxy) is 1. The van der Waals surface area contributed by atoms with Crippen molar-refractivity contribution in [3.05, 3.63) is 74.2 Å². The molecule has 0 saturated carbocycles. The SMILES string of the molecule is Cc1nc2cc(-c3nc(C(C)O)cs3)c(N[C@H]3CCN4C(=O)OC[C@@H]4C3)cc2c(=O)n1Cc1ccc(Cl)cc1. The van der Waals surface area contributed by atoms with Crippen molar-refractivity contribution in [1.29, 1.82) is 0 Å². The topological polar surface area (TPSA) is 110 Å². The first-order chi connectivity index (χ1) is 18.8. The van der Waals surface area contributed by atoms with Gasteiger partial charge >= 0.3 is 6.09 Å². The van der Waals surface area contributed by atoms with Crippen molar-refractivity contribution >= 4 is 45.6 Å². The second kappa shape index (κ2) is 10.3. The van der Waals surface area contributed by atoms with Gasteiger partial charge in [0.2, 0.25) is 0 Å². The van der Waals surface area contributed by atoms with E-state index >= 15 is 0 Å². The van der Waals surface area contributed by atoms with Crippen molar-refractivity contribution in [3.63, 3.8) is 0 Å². The molecule has 2 aromatic heterocycles. The normalized spacial score (nSPS) is 19.7. The van der Waals surface area contributed by atoms with Gasteiger partial charge in [0.25, 0.3) is 5.56 Å². The van der Waals surface area contributed by atoms with Gasteiger partial charge in [-0.05, 0) is 56.5 Å². The third-order valence-corrected chi connectivity index (χ3v) is 8.57. The molecule has 11 heteroatoms. The lowest BCUT2D eigenvalue weighted by Gasteiger charge is -2.33. The van der Waals surface area contributed by atoms with Gasteiger partial charge in [-0.25, -0.2) is 14.8 Å². The van der Waals surface area contributed by atoms with Gasteiger partial charge in [-0.1, -0.05) is 23.7 Å². The fraction of sp³-hybridized carbons (Fsp3) is 0.357. The standard InChI is InChI=1S/C28H28ClN5O4S/c1-15(35)25-14-39-26(32-25)21-10-24-22(11-23(21)31-19-7-8-33-20(9-19)13-38-28(33)37)27(36)34(16(2)30-24)12-17-3-5-18(29)6-4-17/h3-6,10-11,14-15,19-20,31,35H,7-9,12-13H2,1-2H3/t15?,19-,20-/m0/s1. The van der Waals surface area contributed by atoms with E-state index in [9.17, 15) is 14.7 Å². The third kappa shape index (κ3) is 4.99. The van der Waals surface area contributed by atoms with Crippen molar-refractivity contribution in [2.24, 2.45) is 0 Å². The number of piperidine rings is 1. The van der Waals surface area contributed by atoms with Gasteiger partial charge in [0.05, 0.1) is 35.3 Å². The molecule has 2 saturated heterocycles. The number of benzene rings is 2. The molecule has 3 atom stereocenters. The zero-order chi connectivity index (χ0) is 27.3. The Kier molecular flexibility index (Phi) is 6.78. The highest BCUT2D eigenvalue weighted by Crippen LogP contribution is 2.36. The Morgan fingerprint density at radius 2 is 2.03 bits per heavy atom. The molecule has 202 valence electrons. The third-order valence-electron chi connectivity index (χ3n) is 7.43. The van der Waals surface area contributed by atoms with E-state index in [0.29, 0.717) is 47.1 Å². The van der Waals surface area contributed by atoms with E-state index in [1.54, 1.807) is 16.4 Å². The molecule has 39 heavy (non-hydrogen) atoms. The van der Waals surface area contributed by atoms with Crippen molar-refractivity contribution in [1.82, 2.24) is 19.4 Å². The first-order valence-corrected chi connectivity index (χ1v) is 14.2. The number of carbonyl (C=O) groups excluding carboxylic acids is 1. The van der Waals surface area contributed by atoms with Gasteiger partial charge in [-0.3, -0.25) is 9.36 Å². The number of cyclic esters (lactones) is 1. The minimum Gasteiger partial charge on any atom is -0.447 e. The summed E-state index contributed by atoms with van der Waals surface area (Å²) < 4.78 is 6.91.